The fourth-order valence-corrected chi connectivity index (χ4v) is 2.14. The minimum Gasteiger partial charge on any atom is -0.466 e. The Kier molecular flexibility index (Phi) is 14.0. The largest absolute Gasteiger partial charge is 0.466 e. The number of hydrogen-bond donors (Lipinski definition) is 0. The van der Waals surface area contributed by atoms with Gasteiger partial charge in [0.25, 0.3) is 0 Å². The highest BCUT2D eigenvalue weighted by Crippen LogP contribution is 2.07. The van der Waals surface area contributed by atoms with Crippen molar-refractivity contribution in [1.82, 2.24) is 0 Å². The molecule has 0 atom stereocenters. The lowest BCUT2D eigenvalue weighted by Crippen LogP contribution is -2.00. The smallest absolute Gasteiger partial charge is 0.333 e. The van der Waals surface area contributed by atoms with Gasteiger partial charge in [0, 0.05) is 5.57 Å². The summed E-state index contributed by atoms with van der Waals surface area (Å²) in [5, 5.41) is 0. The van der Waals surface area contributed by atoms with Gasteiger partial charge in [0.1, 0.15) is 0 Å². The van der Waals surface area contributed by atoms with Crippen molar-refractivity contribution in [2.75, 3.05) is 7.11 Å². The molecule has 0 aromatic heterocycles. The van der Waals surface area contributed by atoms with E-state index < -0.39 is 0 Å². The average molecular weight is 381 g/mol. The predicted molar refractivity (Wildman–Crippen MR) is 123 cm³/mol. The van der Waals surface area contributed by atoms with Crippen LogP contribution in [0.4, 0.5) is 0 Å². The summed E-state index contributed by atoms with van der Waals surface area (Å²) < 4.78 is 4.65. The highest BCUT2D eigenvalue weighted by molar-refractivity contribution is 5.87. The van der Waals surface area contributed by atoms with E-state index in [1.54, 1.807) is 13.0 Å². The lowest BCUT2D eigenvalue weighted by molar-refractivity contribution is -0.136. The van der Waals surface area contributed by atoms with Crippen molar-refractivity contribution in [1.29, 1.82) is 0 Å². The van der Waals surface area contributed by atoms with E-state index in [0.717, 1.165) is 18.4 Å². The van der Waals surface area contributed by atoms with Crippen LogP contribution in [0.15, 0.2) is 94.7 Å². The number of esters is 1. The van der Waals surface area contributed by atoms with Gasteiger partial charge in [0.05, 0.1) is 7.11 Å². The Labute approximate surface area is 172 Å². The Balaban J connectivity index is 4.58. The molecule has 0 aromatic carbocycles. The normalized spacial score (nSPS) is 14.4. The second-order valence-corrected chi connectivity index (χ2v) is 7.10. The number of ether oxygens (including phenoxy) is 1. The summed E-state index contributed by atoms with van der Waals surface area (Å²) in [7, 11) is 1.38. The molecule has 0 aliphatic rings. The molecule has 28 heavy (non-hydrogen) atoms. The van der Waals surface area contributed by atoms with Crippen LogP contribution in [-0.2, 0) is 9.53 Å². The summed E-state index contributed by atoms with van der Waals surface area (Å²) in [6.07, 6.45) is 24.6. The third-order valence-corrected chi connectivity index (χ3v) is 3.87. The first-order valence-corrected chi connectivity index (χ1v) is 9.68. The molecule has 0 N–H and O–H groups in total. The van der Waals surface area contributed by atoms with Gasteiger partial charge in [-0.05, 0) is 54.4 Å². The van der Waals surface area contributed by atoms with Gasteiger partial charge in [-0.3, -0.25) is 0 Å². The molecule has 0 spiro atoms. The van der Waals surface area contributed by atoms with Crippen molar-refractivity contribution in [3.63, 3.8) is 0 Å². The summed E-state index contributed by atoms with van der Waals surface area (Å²) in [6, 6.07) is 0. The second kappa shape index (κ2) is 15.4. The molecule has 0 rings (SSSR count). The number of allylic oxidation sites excluding steroid dienone is 15. The highest BCUT2D eigenvalue weighted by Gasteiger charge is 1.99. The summed E-state index contributed by atoms with van der Waals surface area (Å²) in [4.78, 5) is 11.3. The Morgan fingerprint density at radius 2 is 1.29 bits per heavy atom. The van der Waals surface area contributed by atoms with Crippen LogP contribution in [0.5, 0.6) is 0 Å². The van der Waals surface area contributed by atoms with Crippen molar-refractivity contribution in [3.8, 4) is 0 Å². The highest BCUT2D eigenvalue weighted by atomic mass is 16.5. The van der Waals surface area contributed by atoms with Crippen LogP contribution in [0, 0.1) is 0 Å². The molecule has 0 saturated carbocycles. The van der Waals surface area contributed by atoms with Crippen molar-refractivity contribution in [2.45, 2.75) is 54.4 Å². The summed E-state index contributed by atoms with van der Waals surface area (Å²) >= 11 is 0. The first kappa shape index (κ1) is 25.4. The third kappa shape index (κ3) is 14.5. The lowest BCUT2D eigenvalue weighted by atomic mass is 10.1. The van der Waals surface area contributed by atoms with Crippen LogP contribution in [0.25, 0.3) is 0 Å². The summed E-state index contributed by atoms with van der Waals surface area (Å²) in [5.41, 5.74) is 5.67. The maximum Gasteiger partial charge on any atom is 0.333 e. The number of carbonyl (C=O) groups is 1. The van der Waals surface area contributed by atoms with Gasteiger partial charge >= 0.3 is 5.97 Å². The molecular formula is C26H36O2. The van der Waals surface area contributed by atoms with Crippen molar-refractivity contribution in [3.05, 3.63) is 94.7 Å². The van der Waals surface area contributed by atoms with Crippen molar-refractivity contribution >= 4 is 5.97 Å². The monoisotopic (exact) mass is 380 g/mol. The number of hydrogen-bond acceptors (Lipinski definition) is 2. The molecule has 0 aromatic rings. The summed E-state index contributed by atoms with van der Waals surface area (Å²) in [5.74, 6) is -0.308. The van der Waals surface area contributed by atoms with E-state index >= 15 is 0 Å². The van der Waals surface area contributed by atoms with E-state index in [-0.39, 0.29) is 5.97 Å². The lowest BCUT2D eigenvalue weighted by Gasteiger charge is -1.96. The Morgan fingerprint density at radius 1 is 0.750 bits per heavy atom. The second-order valence-electron chi connectivity index (χ2n) is 7.10. The molecule has 152 valence electrons. The Hall–Kier alpha value is -2.61. The van der Waals surface area contributed by atoms with Crippen molar-refractivity contribution in [2.24, 2.45) is 0 Å². The average Bonchev–Trinajstić information content (AvgIpc) is 2.64. The third-order valence-electron chi connectivity index (χ3n) is 3.87. The zero-order chi connectivity index (χ0) is 21.4. The van der Waals surface area contributed by atoms with E-state index in [2.05, 4.69) is 68.9 Å². The van der Waals surface area contributed by atoms with Crippen LogP contribution in [0.1, 0.15) is 54.4 Å². The molecule has 0 aliphatic carbocycles. The standard InChI is InChI=1S/C26H36O2/c1-21(2)13-10-15-23(4)17-12-19-24(5)18-11-16-22(3)14-8-9-20-25(6)26(27)28-7/h8-9,11-14,16-20H,10,15H2,1-7H3/b9-8+,16-11+,19-12+,22-14+,23-17+,24-18+,25-20+. The van der Waals surface area contributed by atoms with Crippen LogP contribution >= 0.6 is 0 Å². The topological polar surface area (TPSA) is 26.3 Å². The van der Waals surface area contributed by atoms with E-state index in [0.29, 0.717) is 5.57 Å². The van der Waals surface area contributed by atoms with Gasteiger partial charge in [-0.15, -0.1) is 0 Å². The molecule has 2 heteroatoms. The van der Waals surface area contributed by atoms with Crippen molar-refractivity contribution < 1.29 is 9.53 Å². The van der Waals surface area contributed by atoms with Gasteiger partial charge in [-0.1, -0.05) is 89.1 Å². The van der Waals surface area contributed by atoms with Crippen LogP contribution in [0.3, 0.4) is 0 Å². The number of rotatable bonds is 10. The van der Waals surface area contributed by atoms with E-state index in [4.69, 9.17) is 0 Å². The predicted octanol–water partition coefficient (Wildman–Crippen LogP) is 7.36. The molecule has 0 amide bonds. The van der Waals surface area contributed by atoms with Crippen LogP contribution in [0.2, 0.25) is 0 Å². The Bertz CT molecular complexity index is 728. The molecule has 0 bridgehead atoms. The first-order valence-electron chi connectivity index (χ1n) is 9.68. The quantitative estimate of drug-likeness (QED) is 0.171. The van der Waals surface area contributed by atoms with Crippen LogP contribution < -0.4 is 0 Å². The van der Waals surface area contributed by atoms with E-state index in [9.17, 15) is 4.79 Å². The maximum absolute atomic E-state index is 11.3. The number of carbonyl (C=O) groups excluding carboxylic acids is 1. The van der Waals surface area contributed by atoms with Crippen LogP contribution in [-0.4, -0.2) is 13.1 Å². The molecule has 0 fully saturated rings. The maximum atomic E-state index is 11.3. The zero-order valence-electron chi connectivity index (χ0n) is 18.6. The molecule has 2 nitrogen and oxygen atoms in total. The molecule has 0 unspecified atom stereocenters. The molecule has 0 saturated heterocycles. The van der Waals surface area contributed by atoms with E-state index in [1.807, 2.05) is 31.2 Å². The summed E-state index contributed by atoms with van der Waals surface area (Å²) in [6.45, 7) is 12.3. The Morgan fingerprint density at radius 3 is 1.86 bits per heavy atom. The molecule has 0 radical (unpaired) electrons. The fraction of sp³-hybridized carbons (Fsp3) is 0.346. The minimum atomic E-state index is -0.308. The van der Waals surface area contributed by atoms with Gasteiger partial charge < -0.3 is 4.74 Å². The van der Waals surface area contributed by atoms with Gasteiger partial charge in [0.15, 0.2) is 0 Å². The first-order chi connectivity index (χ1) is 13.3. The molecule has 0 aliphatic heterocycles. The van der Waals surface area contributed by atoms with Gasteiger partial charge in [0.2, 0.25) is 0 Å². The SMILES string of the molecule is COC(=O)/C(C)=C/C=C/C=C(C)/C=C/C=C(C)/C=C/C=C(\C)CCC=C(C)C. The van der Waals surface area contributed by atoms with Gasteiger partial charge in [-0.2, -0.15) is 0 Å². The number of methoxy groups -OCH3 is 1. The van der Waals surface area contributed by atoms with Gasteiger partial charge in [-0.25, -0.2) is 4.79 Å². The van der Waals surface area contributed by atoms with E-state index in [1.165, 1.54) is 23.8 Å². The molecule has 0 heterocycles. The fourth-order valence-electron chi connectivity index (χ4n) is 2.14. The minimum absolute atomic E-state index is 0.308. The zero-order valence-corrected chi connectivity index (χ0v) is 18.6. The molecular weight excluding hydrogens is 344 g/mol.